The molecule has 2 aliphatic heterocycles. The number of amides is 1. The zero-order valence-electron chi connectivity index (χ0n) is 26.2. The predicted molar refractivity (Wildman–Crippen MR) is 182 cm³/mol. The molecule has 0 spiro atoms. The first-order chi connectivity index (χ1) is 21.5. The molecule has 0 aromatic heterocycles. The Kier molecular flexibility index (Phi) is 8.78. The second-order valence-corrected chi connectivity index (χ2v) is 14.8. The van der Waals surface area contributed by atoms with Crippen molar-refractivity contribution < 1.29 is 13.2 Å². The van der Waals surface area contributed by atoms with Gasteiger partial charge in [-0.3, -0.25) is 4.79 Å². The van der Waals surface area contributed by atoms with Crippen LogP contribution in [0.2, 0.25) is 5.02 Å². The lowest BCUT2D eigenvalue weighted by Gasteiger charge is -2.32. The normalized spacial score (nSPS) is 22.8. The van der Waals surface area contributed by atoms with Gasteiger partial charge in [0.05, 0.1) is 16.6 Å². The quantitative estimate of drug-likeness (QED) is 0.295. The van der Waals surface area contributed by atoms with Gasteiger partial charge >= 0.3 is 0 Å². The predicted octanol–water partition coefficient (Wildman–Crippen LogP) is 6.45. The molecule has 1 amide bonds. The summed E-state index contributed by atoms with van der Waals surface area (Å²) < 4.78 is 28.9. The summed E-state index contributed by atoms with van der Waals surface area (Å²) in [5.74, 6) is -0.258. The molecule has 0 radical (unpaired) electrons. The van der Waals surface area contributed by atoms with E-state index in [0.29, 0.717) is 17.9 Å². The molecule has 1 saturated heterocycles. The SMILES string of the molecule is CN(C)c1ccc(/C=C2\CCC[C@@H]3C2=NN(C(=O)[C@H]2CCCN2S(=O)(=O)c2ccc(Cl)cc2)[C@@H]3c2ccc(N(C)C)cc2)cc1. The number of fused-ring (bicyclic) bond motifs is 1. The highest BCUT2D eigenvalue weighted by Gasteiger charge is 2.48. The number of allylic oxidation sites excluding steroid dienone is 1. The van der Waals surface area contributed by atoms with Crippen LogP contribution in [0.5, 0.6) is 0 Å². The molecule has 6 rings (SSSR count). The highest BCUT2D eigenvalue weighted by molar-refractivity contribution is 7.89. The molecule has 3 aliphatic rings. The molecule has 0 unspecified atom stereocenters. The average molecular weight is 646 g/mol. The zero-order chi connectivity index (χ0) is 31.9. The number of halogens is 1. The van der Waals surface area contributed by atoms with E-state index < -0.39 is 16.1 Å². The van der Waals surface area contributed by atoms with Crippen LogP contribution in [-0.2, 0) is 14.8 Å². The summed E-state index contributed by atoms with van der Waals surface area (Å²) in [5, 5.41) is 7.14. The Hall–Kier alpha value is -3.66. The van der Waals surface area contributed by atoms with Crippen LogP contribution in [0.25, 0.3) is 6.08 Å². The first kappa shape index (κ1) is 31.3. The van der Waals surface area contributed by atoms with Crippen molar-refractivity contribution in [3.05, 3.63) is 94.5 Å². The van der Waals surface area contributed by atoms with Crippen LogP contribution in [0, 0.1) is 5.92 Å². The van der Waals surface area contributed by atoms with E-state index in [1.54, 1.807) is 17.1 Å². The zero-order valence-corrected chi connectivity index (χ0v) is 27.8. The molecule has 10 heteroatoms. The Bertz CT molecular complexity index is 1720. The van der Waals surface area contributed by atoms with Gasteiger partial charge in [0.1, 0.15) is 6.04 Å². The Morgan fingerprint density at radius 3 is 2.11 bits per heavy atom. The molecule has 0 bridgehead atoms. The summed E-state index contributed by atoms with van der Waals surface area (Å²) in [6, 6.07) is 21.7. The van der Waals surface area contributed by atoms with Gasteiger partial charge in [0.25, 0.3) is 5.91 Å². The Morgan fingerprint density at radius 2 is 1.49 bits per heavy atom. The summed E-state index contributed by atoms with van der Waals surface area (Å²) in [4.78, 5) is 18.8. The molecular formula is C35H40ClN5O3S. The summed E-state index contributed by atoms with van der Waals surface area (Å²) in [5.41, 5.74) is 6.34. The molecule has 2 fully saturated rings. The number of hydrazone groups is 1. The van der Waals surface area contributed by atoms with Gasteiger partial charge in [-0.05, 0) is 103 Å². The summed E-state index contributed by atoms with van der Waals surface area (Å²) >= 11 is 6.04. The van der Waals surface area contributed by atoms with Crippen molar-refractivity contribution in [3.63, 3.8) is 0 Å². The largest absolute Gasteiger partial charge is 0.378 e. The molecule has 8 nitrogen and oxygen atoms in total. The molecular weight excluding hydrogens is 606 g/mol. The first-order valence-corrected chi connectivity index (χ1v) is 17.3. The van der Waals surface area contributed by atoms with Crippen LogP contribution in [0.1, 0.15) is 49.3 Å². The Labute approximate surface area is 271 Å². The first-order valence-electron chi connectivity index (χ1n) is 15.5. The van der Waals surface area contributed by atoms with Crippen LogP contribution >= 0.6 is 11.6 Å². The summed E-state index contributed by atoms with van der Waals surface area (Å²) in [6.45, 7) is 0.283. The van der Waals surface area contributed by atoms with Crippen molar-refractivity contribution in [2.24, 2.45) is 11.0 Å². The third-order valence-electron chi connectivity index (χ3n) is 9.14. The maximum absolute atomic E-state index is 14.5. The molecule has 1 saturated carbocycles. The van der Waals surface area contributed by atoms with Crippen LogP contribution in [0.4, 0.5) is 11.4 Å². The lowest BCUT2D eigenvalue weighted by Crippen LogP contribution is -2.46. The van der Waals surface area contributed by atoms with Gasteiger partial charge in [-0.1, -0.05) is 35.9 Å². The van der Waals surface area contributed by atoms with Crippen molar-refractivity contribution in [2.45, 2.75) is 49.1 Å². The number of benzene rings is 3. The summed E-state index contributed by atoms with van der Waals surface area (Å²) in [6.07, 6.45) is 6.01. The minimum atomic E-state index is -3.91. The van der Waals surface area contributed by atoms with Gasteiger partial charge in [0.2, 0.25) is 10.0 Å². The molecule has 236 valence electrons. The van der Waals surface area contributed by atoms with Gasteiger partial charge in [-0.2, -0.15) is 9.41 Å². The maximum atomic E-state index is 14.5. The number of rotatable bonds is 7. The fourth-order valence-corrected chi connectivity index (χ4v) is 8.50. The molecule has 3 aromatic rings. The van der Waals surface area contributed by atoms with E-state index in [1.807, 2.05) is 33.1 Å². The van der Waals surface area contributed by atoms with Crippen molar-refractivity contribution in [3.8, 4) is 0 Å². The van der Waals surface area contributed by atoms with E-state index in [2.05, 4.69) is 59.5 Å². The average Bonchev–Trinajstić information content (AvgIpc) is 3.68. The minimum Gasteiger partial charge on any atom is -0.378 e. The lowest BCUT2D eigenvalue weighted by atomic mass is 9.77. The summed E-state index contributed by atoms with van der Waals surface area (Å²) in [7, 11) is 4.14. The second-order valence-electron chi connectivity index (χ2n) is 12.5. The fraction of sp³-hybridized carbons (Fsp3) is 0.371. The van der Waals surface area contributed by atoms with Crippen LogP contribution < -0.4 is 9.80 Å². The third-order valence-corrected chi connectivity index (χ3v) is 11.3. The highest BCUT2D eigenvalue weighted by Crippen LogP contribution is 2.46. The monoisotopic (exact) mass is 645 g/mol. The number of carbonyl (C=O) groups excluding carboxylic acids is 1. The van der Waals surface area contributed by atoms with E-state index in [0.717, 1.165) is 53.0 Å². The van der Waals surface area contributed by atoms with E-state index in [4.69, 9.17) is 16.7 Å². The number of hydrogen-bond acceptors (Lipinski definition) is 6. The Balaban J connectivity index is 1.38. The number of hydrogen-bond donors (Lipinski definition) is 0. The van der Waals surface area contributed by atoms with Gasteiger partial charge in [-0.15, -0.1) is 0 Å². The van der Waals surface area contributed by atoms with Crippen molar-refractivity contribution in [2.75, 3.05) is 44.5 Å². The third kappa shape index (κ3) is 6.13. The maximum Gasteiger partial charge on any atom is 0.261 e. The molecule has 3 atom stereocenters. The Morgan fingerprint density at radius 1 is 0.867 bits per heavy atom. The van der Waals surface area contributed by atoms with Gasteiger partial charge < -0.3 is 9.80 Å². The lowest BCUT2D eigenvalue weighted by molar-refractivity contribution is -0.137. The number of carbonyl (C=O) groups is 1. The van der Waals surface area contributed by atoms with E-state index in [1.165, 1.54) is 16.4 Å². The van der Waals surface area contributed by atoms with Gasteiger partial charge in [-0.25, -0.2) is 13.4 Å². The molecule has 1 aliphatic carbocycles. The van der Waals surface area contributed by atoms with Crippen LogP contribution in [0.15, 0.2) is 88.4 Å². The molecule has 0 N–H and O–H groups in total. The number of sulfonamides is 1. The molecule has 45 heavy (non-hydrogen) atoms. The molecule has 2 heterocycles. The van der Waals surface area contributed by atoms with Crippen molar-refractivity contribution in [1.29, 1.82) is 0 Å². The standard InChI is InChI=1S/C35H40ClN5O3S/c1-38(2)28-16-10-24(11-17-28)23-26-7-5-8-31-33(26)37-41(34(31)25-12-18-29(19-13-25)39(3)4)35(42)32-9-6-22-40(32)45(43,44)30-20-14-27(36)15-21-30/h10-21,23,31-32,34H,5-9,22H2,1-4H3/b26-23+/t31-,32-,34-/m1/s1. The minimum absolute atomic E-state index is 0.0166. The van der Waals surface area contributed by atoms with Crippen LogP contribution in [0.3, 0.4) is 0 Å². The van der Waals surface area contributed by atoms with Gasteiger partial charge in [0, 0.05) is 57.1 Å². The highest BCUT2D eigenvalue weighted by atomic mass is 35.5. The van der Waals surface area contributed by atoms with Gasteiger partial charge in [0.15, 0.2) is 0 Å². The van der Waals surface area contributed by atoms with Crippen LogP contribution in [-0.4, -0.2) is 70.1 Å². The van der Waals surface area contributed by atoms with E-state index >= 15 is 0 Å². The topological polar surface area (TPSA) is 76.5 Å². The molecule has 3 aromatic carbocycles. The number of anilines is 2. The smallest absolute Gasteiger partial charge is 0.261 e. The second kappa shape index (κ2) is 12.6. The van der Waals surface area contributed by atoms with E-state index in [9.17, 15) is 13.2 Å². The van der Waals surface area contributed by atoms with Crippen molar-refractivity contribution >= 4 is 50.7 Å². The van der Waals surface area contributed by atoms with E-state index in [-0.39, 0.29) is 29.3 Å². The fourth-order valence-electron chi connectivity index (χ4n) is 6.72. The van der Waals surface area contributed by atoms with Crippen molar-refractivity contribution in [1.82, 2.24) is 9.31 Å². The number of nitrogens with zero attached hydrogens (tertiary/aromatic N) is 5.